The summed E-state index contributed by atoms with van der Waals surface area (Å²) in [7, 11) is 0. The predicted octanol–water partition coefficient (Wildman–Crippen LogP) is 2.20. The van der Waals surface area contributed by atoms with Crippen molar-refractivity contribution < 1.29 is 27.1 Å². The lowest BCUT2D eigenvalue weighted by molar-refractivity contribution is -0.171. The lowest BCUT2D eigenvalue weighted by Gasteiger charge is -2.38. The summed E-state index contributed by atoms with van der Waals surface area (Å²) in [5.74, 6) is -2.47. The molecule has 172 valence electrons. The Bertz CT molecular complexity index is 1060. The van der Waals surface area contributed by atoms with Crippen LogP contribution in [0.15, 0.2) is 29.3 Å². The van der Waals surface area contributed by atoms with Gasteiger partial charge in [-0.25, -0.2) is 0 Å². The van der Waals surface area contributed by atoms with Gasteiger partial charge in [-0.05, 0) is 25.5 Å². The summed E-state index contributed by atoms with van der Waals surface area (Å²) in [5.41, 5.74) is -1.15. The van der Waals surface area contributed by atoms with Crippen molar-refractivity contribution in [3.8, 4) is 0 Å². The van der Waals surface area contributed by atoms with Crippen LogP contribution in [-0.4, -0.2) is 65.4 Å². The minimum Gasteiger partial charge on any atom is -0.377 e. The lowest BCUT2D eigenvalue weighted by atomic mass is 10.1. The van der Waals surface area contributed by atoms with Gasteiger partial charge in [0.1, 0.15) is 6.04 Å². The largest absolute Gasteiger partial charge is 0.409 e. The van der Waals surface area contributed by atoms with E-state index in [0.717, 1.165) is 0 Å². The molecule has 4 rings (SSSR count). The van der Waals surface area contributed by atoms with E-state index in [9.17, 15) is 22.8 Å². The molecule has 32 heavy (non-hydrogen) atoms. The fourth-order valence-corrected chi connectivity index (χ4v) is 3.99. The second-order valence-electron chi connectivity index (χ2n) is 7.77. The normalized spacial score (nSPS) is 21.4. The van der Waals surface area contributed by atoms with Crippen LogP contribution in [0, 0.1) is 5.82 Å². The van der Waals surface area contributed by atoms with Gasteiger partial charge in [0.25, 0.3) is 5.56 Å². The number of rotatable bonds is 4. The summed E-state index contributed by atoms with van der Waals surface area (Å²) in [6.45, 7) is 1.98. The first-order valence-electron chi connectivity index (χ1n) is 10.1. The summed E-state index contributed by atoms with van der Waals surface area (Å²) < 4.78 is 61.7. The van der Waals surface area contributed by atoms with E-state index in [-0.39, 0.29) is 56.2 Å². The van der Waals surface area contributed by atoms with Gasteiger partial charge >= 0.3 is 6.18 Å². The van der Waals surface area contributed by atoms with Crippen molar-refractivity contribution in [1.29, 1.82) is 0 Å². The average molecular weight is 455 g/mol. The second-order valence-corrected chi connectivity index (χ2v) is 7.77. The van der Waals surface area contributed by atoms with E-state index >= 15 is 4.39 Å². The number of carbonyl (C=O) groups is 1. The summed E-state index contributed by atoms with van der Waals surface area (Å²) >= 11 is 0. The molecular formula is C20H21F4N5O3. The molecule has 0 amide bonds. The van der Waals surface area contributed by atoms with Crippen LogP contribution in [0.1, 0.15) is 29.7 Å². The minimum absolute atomic E-state index is 0.174. The number of ether oxygens (including phenoxy) is 1. The lowest BCUT2D eigenvalue weighted by Crippen LogP contribution is -2.50. The maximum atomic E-state index is 15.0. The molecule has 2 aliphatic rings. The zero-order valence-corrected chi connectivity index (χ0v) is 17.2. The van der Waals surface area contributed by atoms with E-state index in [0.29, 0.717) is 4.57 Å². The third-order valence-electron chi connectivity index (χ3n) is 5.63. The van der Waals surface area contributed by atoms with Crippen LogP contribution in [-0.2, 0) is 4.74 Å². The van der Waals surface area contributed by atoms with Crippen LogP contribution >= 0.6 is 0 Å². The number of aromatic nitrogens is 3. The molecule has 0 spiro atoms. The highest BCUT2D eigenvalue weighted by Crippen LogP contribution is 2.38. The second kappa shape index (κ2) is 8.49. The highest BCUT2D eigenvalue weighted by atomic mass is 19.4. The van der Waals surface area contributed by atoms with Crippen molar-refractivity contribution in [2.45, 2.75) is 31.6 Å². The van der Waals surface area contributed by atoms with Crippen molar-refractivity contribution in [3.63, 3.8) is 0 Å². The van der Waals surface area contributed by atoms with Gasteiger partial charge in [0, 0.05) is 31.0 Å². The maximum Gasteiger partial charge on any atom is 0.409 e. The Morgan fingerprint density at radius 1 is 1.31 bits per heavy atom. The smallest absolute Gasteiger partial charge is 0.377 e. The number of morpholine rings is 1. The number of nitrogens with zero attached hydrogens (tertiary/aromatic N) is 5. The molecule has 0 aromatic carbocycles. The summed E-state index contributed by atoms with van der Waals surface area (Å²) in [6.07, 6.45) is -2.46. The van der Waals surface area contributed by atoms with Crippen molar-refractivity contribution in [2.75, 3.05) is 42.6 Å². The summed E-state index contributed by atoms with van der Waals surface area (Å²) in [4.78, 5) is 36.3. The molecule has 0 bridgehead atoms. The molecule has 2 aromatic heterocycles. The summed E-state index contributed by atoms with van der Waals surface area (Å²) in [5, 5.41) is 0. The zero-order chi connectivity index (χ0) is 23.0. The third-order valence-corrected chi connectivity index (χ3v) is 5.63. The van der Waals surface area contributed by atoms with E-state index < -0.39 is 35.8 Å². The Morgan fingerprint density at radius 2 is 2.09 bits per heavy atom. The van der Waals surface area contributed by atoms with Crippen molar-refractivity contribution in [2.24, 2.45) is 0 Å². The van der Waals surface area contributed by atoms with Crippen LogP contribution in [0.3, 0.4) is 0 Å². The SMILES string of the molecule is C[C@@H]1COCCN1c1nc2n(c(=O)c1F)[C@@H](C(F)(F)F)CCN2CC(=O)c1cccnc1. The molecule has 8 nitrogen and oxygen atoms in total. The van der Waals surface area contributed by atoms with Gasteiger partial charge in [-0.15, -0.1) is 0 Å². The molecule has 2 aromatic rings. The average Bonchev–Trinajstić information content (AvgIpc) is 2.76. The third kappa shape index (κ3) is 4.06. The number of Topliss-reactive ketones (excluding diaryl/α,β-unsaturated/α-hetero) is 1. The topological polar surface area (TPSA) is 80.6 Å². The number of halogens is 4. The van der Waals surface area contributed by atoms with E-state index in [2.05, 4.69) is 9.97 Å². The van der Waals surface area contributed by atoms with Crippen LogP contribution in [0.25, 0.3) is 0 Å². The highest BCUT2D eigenvalue weighted by Gasteiger charge is 2.47. The van der Waals surface area contributed by atoms with Gasteiger partial charge in [0.15, 0.2) is 11.6 Å². The summed E-state index contributed by atoms with van der Waals surface area (Å²) in [6, 6.07) is 0.533. The van der Waals surface area contributed by atoms with Gasteiger partial charge in [-0.2, -0.15) is 22.5 Å². The number of alkyl halides is 3. The Balaban J connectivity index is 1.80. The number of pyridine rings is 1. The first-order chi connectivity index (χ1) is 15.2. The Kier molecular flexibility index (Phi) is 5.89. The van der Waals surface area contributed by atoms with Gasteiger partial charge < -0.3 is 14.5 Å². The molecular weight excluding hydrogens is 434 g/mol. The number of hydrogen-bond acceptors (Lipinski definition) is 7. The number of fused-ring (bicyclic) bond motifs is 1. The molecule has 4 heterocycles. The van der Waals surface area contributed by atoms with Crippen LogP contribution in [0.5, 0.6) is 0 Å². The number of anilines is 2. The fourth-order valence-electron chi connectivity index (χ4n) is 3.99. The fraction of sp³-hybridized carbons (Fsp3) is 0.500. The minimum atomic E-state index is -4.78. The van der Waals surface area contributed by atoms with Crippen LogP contribution < -0.4 is 15.4 Å². The standard InChI is InChI=1S/C20H21F4N5O3/c1-12-11-32-8-7-28(12)17-16(21)18(31)29-15(20(22,23)24)4-6-27(19(29)26-17)10-14(30)13-3-2-5-25-9-13/h2-3,5,9,12,15H,4,6-8,10-11H2,1H3/t12-,15-/m1/s1. The molecule has 0 unspecified atom stereocenters. The van der Waals surface area contributed by atoms with Crippen molar-refractivity contribution in [1.82, 2.24) is 14.5 Å². The Labute approximate surface area is 180 Å². The quantitative estimate of drug-likeness (QED) is 0.517. The predicted molar refractivity (Wildman–Crippen MR) is 107 cm³/mol. The highest BCUT2D eigenvalue weighted by molar-refractivity contribution is 5.98. The van der Waals surface area contributed by atoms with E-state index in [1.54, 1.807) is 13.0 Å². The number of carbonyl (C=O) groups excluding carboxylic acids is 1. The van der Waals surface area contributed by atoms with E-state index in [1.165, 1.54) is 28.3 Å². The zero-order valence-electron chi connectivity index (χ0n) is 17.2. The number of ketones is 1. The van der Waals surface area contributed by atoms with Crippen LogP contribution in [0.2, 0.25) is 0 Å². The molecule has 0 saturated carbocycles. The van der Waals surface area contributed by atoms with E-state index in [4.69, 9.17) is 4.74 Å². The monoisotopic (exact) mass is 455 g/mol. The van der Waals surface area contributed by atoms with Gasteiger partial charge in [0.05, 0.1) is 25.8 Å². The molecule has 12 heteroatoms. The van der Waals surface area contributed by atoms with Crippen LogP contribution in [0.4, 0.5) is 29.3 Å². The first-order valence-corrected chi connectivity index (χ1v) is 10.1. The molecule has 1 saturated heterocycles. The van der Waals surface area contributed by atoms with Gasteiger partial charge in [-0.3, -0.25) is 19.1 Å². The van der Waals surface area contributed by atoms with Gasteiger partial charge in [0.2, 0.25) is 11.8 Å². The van der Waals surface area contributed by atoms with Crippen molar-refractivity contribution >= 4 is 17.5 Å². The maximum absolute atomic E-state index is 15.0. The molecule has 2 atom stereocenters. The number of hydrogen-bond donors (Lipinski definition) is 0. The first kappa shape index (κ1) is 22.2. The Hall–Kier alpha value is -3.02. The van der Waals surface area contributed by atoms with Gasteiger partial charge in [-0.1, -0.05) is 0 Å². The molecule has 0 radical (unpaired) electrons. The Morgan fingerprint density at radius 3 is 2.75 bits per heavy atom. The molecule has 2 aliphatic heterocycles. The molecule has 1 fully saturated rings. The molecule has 0 aliphatic carbocycles. The molecule has 0 N–H and O–H groups in total. The van der Waals surface area contributed by atoms with Crippen molar-refractivity contribution in [3.05, 3.63) is 46.3 Å². The van der Waals surface area contributed by atoms with E-state index in [1.807, 2.05) is 0 Å².